The van der Waals surface area contributed by atoms with Gasteiger partial charge in [0, 0.05) is 23.8 Å². The molecule has 0 unspecified atom stereocenters. The first-order valence-electron chi connectivity index (χ1n) is 5.33. The van der Waals surface area contributed by atoms with E-state index in [4.69, 9.17) is 16.3 Å². The fourth-order valence-electron chi connectivity index (χ4n) is 1.65. The third kappa shape index (κ3) is 2.10. The van der Waals surface area contributed by atoms with Crippen LogP contribution in [0.2, 0.25) is 5.28 Å². The lowest BCUT2D eigenvalue weighted by Crippen LogP contribution is -1.91. The van der Waals surface area contributed by atoms with Gasteiger partial charge in [-0.2, -0.15) is 4.98 Å². The van der Waals surface area contributed by atoms with Crippen LogP contribution >= 0.6 is 11.6 Å². The molecule has 88 valence electrons. The smallest absolute Gasteiger partial charge is 0.225 e. The Morgan fingerprint density at radius 1 is 0.944 bits per heavy atom. The summed E-state index contributed by atoms with van der Waals surface area (Å²) in [4.78, 5) is 12.1. The van der Waals surface area contributed by atoms with Crippen molar-refractivity contribution in [3.8, 4) is 11.6 Å². The minimum atomic E-state index is 0.153. The monoisotopic (exact) mass is 257 g/mol. The molecule has 0 saturated carbocycles. The largest absolute Gasteiger partial charge is 0.437 e. The lowest BCUT2D eigenvalue weighted by molar-refractivity contribution is 0.466. The fourth-order valence-corrected chi connectivity index (χ4v) is 1.79. The van der Waals surface area contributed by atoms with Gasteiger partial charge in [-0.25, -0.2) is 4.98 Å². The van der Waals surface area contributed by atoms with E-state index in [2.05, 4.69) is 15.0 Å². The summed E-state index contributed by atoms with van der Waals surface area (Å²) in [5, 5.41) is 1.16. The summed E-state index contributed by atoms with van der Waals surface area (Å²) in [6.07, 6.45) is 3.27. The molecule has 2 heterocycles. The molecule has 0 N–H and O–H groups in total. The topological polar surface area (TPSA) is 47.9 Å². The van der Waals surface area contributed by atoms with Gasteiger partial charge in [-0.3, -0.25) is 4.98 Å². The molecule has 0 radical (unpaired) electrons. The maximum atomic E-state index is 5.71. The van der Waals surface area contributed by atoms with Gasteiger partial charge in [-0.15, -0.1) is 0 Å². The summed E-state index contributed by atoms with van der Waals surface area (Å²) in [5.41, 5.74) is 0.787. The normalized spacial score (nSPS) is 10.5. The molecular weight excluding hydrogens is 250 g/mol. The van der Waals surface area contributed by atoms with Crippen LogP contribution in [0.1, 0.15) is 0 Å². The zero-order chi connectivity index (χ0) is 12.4. The van der Waals surface area contributed by atoms with Crippen molar-refractivity contribution in [3.63, 3.8) is 0 Å². The first kappa shape index (κ1) is 10.9. The maximum absolute atomic E-state index is 5.71. The average Bonchev–Trinajstić information content (AvgIpc) is 2.39. The molecule has 3 aromatic rings. The molecule has 5 heteroatoms. The molecule has 0 atom stereocenters. The molecule has 3 rings (SSSR count). The van der Waals surface area contributed by atoms with Gasteiger partial charge in [0.25, 0.3) is 0 Å². The second-order valence-corrected chi connectivity index (χ2v) is 3.94. The number of para-hydroxylation sites is 1. The van der Waals surface area contributed by atoms with E-state index in [9.17, 15) is 0 Å². The minimum absolute atomic E-state index is 0.153. The van der Waals surface area contributed by atoms with E-state index in [0.29, 0.717) is 11.6 Å². The second-order valence-electron chi connectivity index (χ2n) is 3.60. The van der Waals surface area contributed by atoms with Crippen molar-refractivity contribution in [2.75, 3.05) is 0 Å². The fraction of sp³-hybridized carbons (Fsp3) is 0. The number of hydrogen-bond donors (Lipinski definition) is 0. The molecule has 0 spiro atoms. The van der Waals surface area contributed by atoms with Crippen molar-refractivity contribution in [1.29, 1.82) is 0 Å². The van der Waals surface area contributed by atoms with E-state index in [1.807, 2.05) is 30.3 Å². The van der Waals surface area contributed by atoms with Gasteiger partial charge < -0.3 is 4.74 Å². The molecule has 0 saturated heterocycles. The number of benzene rings is 1. The van der Waals surface area contributed by atoms with Gasteiger partial charge in [-0.05, 0) is 23.7 Å². The van der Waals surface area contributed by atoms with E-state index in [-0.39, 0.29) is 5.28 Å². The Bertz CT molecular complexity index is 697. The number of ether oxygens (including phenoxy) is 1. The molecule has 0 amide bonds. The lowest BCUT2D eigenvalue weighted by atomic mass is 10.2. The van der Waals surface area contributed by atoms with E-state index < -0.39 is 0 Å². The highest BCUT2D eigenvalue weighted by molar-refractivity contribution is 6.28. The summed E-state index contributed by atoms with van der Waals surface area (Å²) >= 11 is 5.71. The van der Waals surface area contributed by atoms with Gasteiger partial charge in [0.1, 0.15) is 5.52 Å². The highest BCUT2D eigenvalue weighted by atomic mass is 35.5. The van der Waals surface area contributed by atoms with Crippen LogP contribution in [-0.2, 0) is 0 Å². The Morgan fingerprint density at radius 3 is 2.72 bits per heavy atom. The van der Waals surface area contributed by atoms with Gasteiger partial charge in [0.15, 0.2) is 5.75 Å². The quantitative estimate of drug-likeness (QED) is 0.660. The zero-order valence-electron chi connectivity index (χ0n) is 9.25. The lowest BCUT2D eigenvalue weighted by Gasteiger charge is -2.06. The van der Waals surface area contributed by atoms with Crippen LogP contribution in [0, 0.1) is 0 Å². The first-order chi connectivity index (χ1) is 8.83. The highest BCUT2D eigenvalue weighted by Gasteiger charge is 2.05. The third-order valence-electron chi connectivity index (χ3n) is 2.41. The number of halogens is 1. The Hall–Kier alpha value is -2.20. The Kier molecular flexibility index (Phi) is 2.78. The highest BCUT2D eigenvalue weighted by Crippen LogP contribution is 2.27. The van der Waals surface area contributed by atoms with E-state index in [0.717, 1.165) is 10.9 Å². The summed E-state index contributed by atoms with van der Waals surface area (Å²) in [7, 11) is 0. The van der Waals surface area contributed by atoms with Gasteiger partial charge in [0.2, 0.25) is 11.2 Å². The Balaban J connectivity index is 2.05. The molecule has 1 aromatic carbocycles. The van der Waals surface area contributed by atoms with Crippen molar-refractivity contribution < 1.29 is 4.74 Å². The molecule has 0 aliphatic heterocycles. The van der Waals surface area contributed by atoms with Crippen molar-refractivity contribution >= 4 is 22.5 Å². The van der Waals surface area contributed by atoms with Crippen LogP contribution in [0.3, 0.4) is 0 Å². The number of nitrogens with zero attached hydrogens (tertiary/aromatic N) is 3. The number of rotatable bonds is 2. The molecule has 4 nitrogen and oxygen atoms in total. The predicted molar refractivity (Wildman–Crippen MR) is 68.9 cm³/mol. The standard InChI is InChI=1S/C13H8ClN3O/c14-13-16-8-6-11(17-13)18-10-5-1-3-9-4-2-7-15-12(9)10/h1-8H. The van der Waals surface area contributed by atoms with Crippen LogP contribution in [0.5, 0.6) is 11.6 Å². The van der Waals surface area contributed by atoms with Crippen molar-refractivity contribution in [2.24, 2.45) is 0 Å². The first-order valence-corrected chi connectivity index (χ1v) is 5.71. The number of pyridine rings is 1. The molecule has 2 aromatic heterocycles. The van der Waals surface area contributed by atoms with Crippen molar-refractivity contribution in [1.82, 2.24) is 15.0 Å². The zero-order valence-corrected chi connectivity index (χ0v) is 10.0. The summed E-state index contributed by atoms with van der Waals surface area (Å²) in [6, 6.07) is 11.2. The SMILES string of the molecule is Clc1nccc(Oc2cccc3cccnc23)n1. The van der Waals surface area contributed by atoms with Crippen LogP contribution < -0.4 is 4.74 Å². The Morgan fingerprint density at radius 2 is 1.83 bits per heavy atom. The van der Waals surface area contributed by atoms with Gasteiger partial charge in [-0.1, -0.05) is 18.2 Å². The third-order valence-corrected chi connectivity index (χ3v) is 2.59. The molecule has 0 aliphatic rings. The number of hydrogen-bond acceptors (Lipinski definition) is 4. The summed E-state index contributed by atoms with van der Waals surface area (Å²) in [5.74, 6) is 1.04. The Labute approximate surface area is 108 Å². The van der Waals surface area contributed by atoms with E-state index >= 15 is 0 Å². The minimum Gasteiger partial charge on any atom is -0.437 e. The maximum Gasteiger partial charge on any atom is 0.225 e. The van der Waals surface area contributed by atoms with Crippen LogP contribution in [-0.4, -0.2) is 15.0 Å². The molecule has 0 aliphatic carbocycles. The van der Waals surface area contributed by atoms with Gasteiger partial charge in [0.05, 0.1) is 0 Å². The predicted octanol–water partition coefficient (Wildman–Crippen LogP) is 3.47. The summed E-state index contributed by atoms with van der Waals surface area (Å²) < 4.78 is 5.67. The van der Waals surface area contributed by atoms with Crippen molar-refractivity contribution in [2.45, 2.75) is 0 Å². The van der Waals surface area contributed by atoms with E-state index in [1.165, 1.54) is 0 Å². The molecule has 0 bridgehead atoms. The summed E-state index contributed by atoms with van der Waals surface area (Å²) in [6.45, 7) is 0. The van der Waals surface area contributed by atoms with Crippen LogP contribution in [0.25, 0.3) is 10.9 Å². The molecule has 0 fully saturated rings. The number of aromatic nitrogens is 3. The average molecular weight is 258 g/mol. The molecular formula is C13H8ClN3O. The van der Waals surface area contributed by atoms with Crippen LogP contribution in [0.15, 0.2) is 48.8 Å². The van der Waals surface area contributed by atoms with Crippen LogP contribution in [0.4, 0.5) is 0 Å². The number of fused-ring (bicyclic) bond motifs is 1. The molecule has 18 heavy (non-hydrogen) atoms. The van der Waals surface area contributed by atoms with Gasteiger partial charge >= 0.3 is 0 Å². The second kappa shape index (κ2) is 4.58. The van der Waals surface area contributed by atoms with Crippen molar-refractivity contribution in [3.05, 3.63) is 54.1 Å². The van der Waals surface area contributed by atoms with E-state index in [1.54, 1.807) is 18.5 Å².